The highest BCUT2D eigenvalue weighted by molar-refractivity contribution is 6.78. The molecule has 6 atom stereocenters. The van der Waals surface area contributed by atoms with E-state index < -0.39 is 25.7 Å². The molecule has 3 fully saturated rings. The average molecular weight is 527 g/mol. The molecule has 33 heavy (non-hydrogen) atoms. The normalized spacial score (nSPS) is 36.9. The number of hydrogen-bond donors (Lipinski definition) is 0. The maximum Gasteiger partial charge on any atom is 0.0956 e. The van der Waals surface area contributed by atoms with Gasteiger partial charge in [-0.25, -0.2) is 0 Å². The fourth-order valence-corrected chi connectivity index (χ4v) is 17.0. The fourth-order valence-electron chi connectivity index (χ4n) is 7.46. The summed E-state index contributed by atoms with van der Waals surface area (Å²) in [5.74, 6) is 0.514. The van der Waals surface area contributed by atoms with Crippen molar-refractivity contribution in [3.05, 3.63) is 12.3 Å². The quantitative estimate of drug-likeness (QED) is 0.396. The van der Waals surface area contributed by atoms with Crippen molar-refractivity contribution >= 4 is 35.9 Å². The first-order valence-corrected chi connectivity index (χ1v) is 23.9. The van der Waals surface area contributed by atoms with Crippen molar-refractivity contribution in [3.63, 3.8) is 0 Å². The van der Waals surface area contributed by atoms with Gasteiger partial charge in [-0.2, -0.15) is 0 Å². The van der Waals surface area contributed by atoms with Gasteiger partial charge in [0.1, 0.15) is 0 Å². The minimum Gasteiger partial charge on any atom is -0.380 e. The molecule has 3 nitrogen and oxygen atoms in total. The molecule has 0 aromatic rings. The van der Waals surface area contributed by atoms with Gasteiger partial charge < -0.3 is 14.2 Å². The molecule has 3 aliphatic rings. The molecule has 0 radical (unpaired) electrons. The van der Waals surface area contributed by atoms with Crippen molar-refractivity contribution in [2.45, 2.75) is 125 Å². The van der Waals surface area contributed by atoms with Crippen molar-refractivity contribution in [1.29, 1.82) is 0 Å². The van der Waals surface area contributed by atoms with Crippen molar-refractivity contribution < 1.29 is 14.2 Å². The monoisotopic (exact) mass is 526 g/mol. The Morgan fingerprint density at radius 3 is 1.76 bits per heavy atom. The Morgan fingerprint density at radius 2 is 1.36 bits per heavy atom. The lowest BCUT2D eigenvalue weighted by molar-refractivity contribution is -0.150. The first-order valence-electron chi connectivity index (χ1n) is 14.1. The third-order valence-corrected chi connectivity index (χ3v) is 19.3. The summed E-state index contributed by atoms with van der Waals surface area (Å²) in [4.78, 5) is 0. The van der Waals surface area contributed by atoms with E-state index in [0.717, 1.165) is 30.1 Å². The number of rotatable bonds is 9. The minimum atomic E-state index is -1.55. The maximum absolute atomic E-state index is 7.13. The van der Waals surface area contributed by atoms with Gasteiger partial charge in [-0.1, -0.05) is 39.3 Å². The molecule has 192 valence electrons. The molecule has 0 N–H and O–H groups in total. The van der Waals surface area contributed by atoms with E-state index in [-0.39, 0.29) is 15.7 Å². The van der Waals surface area contributed by atoms with Crippen LogP contribution in [0.2, 0.25) is 44.8 Å². The van der Waals surface area contributed by atoms with Crippen LogP contribution in [0, 0.1) is 5.92 Å². The van der Waals surface area contributed by atoms with Crippen LogP contribution in [0.3, 0.4) is 0 Å². The van der Waals surface area contributed by atoms with Crippen LogP contribution in [0.4, 0.5) is 0 Å². The minimum absolute atomic E-state index is 0.00780. The summed E-state index contributed by atoms with van der Waals surface area (Å²) in [7, 11) is -2.91. The Bertz CT molecular complexity index is 630. The average Bonchev–Trinajstić information content (AvgIpc) is 2.79. The lowest BCUT2D eigenvalue weighted by Crippen LogP contribution is -2.69. The third-order valence-electron chi connectivity index (χ3n) is 9.54. The molecule has 0 aromatic carbocycles. The first kappa shape index (κ1) is 28.1. The third kappa shape index (κ3) is 5.91. The SMILES string of the molecule is C=C[SiH](C)C1(C(C(CC2([SiH3])CCCCO2)[Si](C)(C)C)C2([SiH](C)C)CCCCO2)CCCCO1. The summed E-state index contributed by atoms with van der Waals surface area (Å²) in [6.45, 7) is 22.8. The Morgan fingerprint density at radius 1 is 0.848 bits per heavy atom. The molecule has 3 aliphatic heterocycles. The van der Waals surface area contributed by atoms with Crippen LogP contribution >= 0.6 is 0 Å². The molecule has 3 saturated heterocycles. The predicted octanol–water partition coefficient (Wildman–Crippen LogP) is 4.99. The van der Waals surface area contributed by atoms with Gasteiger partial charge in [0, 0.05) is 49.3 Å². The zero-order chi connectivity index (χ0) is 24.3. The molecule has 0 bridgehead atoms. The lowest BCUT2D eigenvalue weighted by Gasteiger charge is -2.61. The second-order valence-electron chi connectivity index (χ2n) is 13.1. The molecule has 7 heteroatoms. The summed E-state index contributed by atoms with van der Waals surface area (Å²) in [5.41, 5.74) is 3.01. The van der Waals surface area contributed by atoms with Crippen LogP contribution in [0.1, 0.15) is 64.2 Å². The predicted molar refractivity (Wildman–Crippen MR) is 155 cm³/mol. The number of ether oxygens (including phenoxy) is 3. The molecular weight excluding hydrogens is 473 g/mol. The Kier molecular flexibility index (Phi) is 9.58. The highest BCUT2D eigenvalue weighted by atomic mass is 28.3. The van der Waals surface area contributed by atoms with Crippen molar-refractivity contribution in [1.82, 2.24) is 0 Å². The van der Waals surface area contributed by atoms with Crippen LogP contribution in [0.5, 0.6) is 0 Å². The summed E-state index contributed by atoms with van der Waals surface area (Å²) >= 11 is 0. The molecular formula is C26H54O3Si4. The molecule has 0 amide bonds. The highest BCUT2D eigenvalue weighted by Gasteiger charge is 2.61. The first-order chi connectivity index (χ1) is 15.5. The molecule has 3 rings (SSSR count). The molecule has 0 aliphatic carbocycles. The summed E-state index contributed by atoms with van der Waals surface area (Å²) in [6, 6.07) is 0. The second-order valence-corrected chi connectivity index (χ2v) is 26.7. The van der Waals surface area contributed by atoms with Gasteiger partial charge in [0.2, 0.25) is 0 Å². The van der Waals surface area contributed by atoms with E-state index in [1.165, 1.54) is 64.2 Å². The molecule has 0 aromatic heterocycles. The van der Waals surface area contributed by atoms with E-state index in [4.69, 9.17) is 14.2 Å². The van der Waals surface area contributed by atoms with Crippen LogP contribution in [-0.4, -0.2) is 71.4 Å². The van der Waals surface area contributed by atoms with Crippen molar-refractivity contribution in [2.24, 2.45) is 5.92 Å². The Labute approximate surface area is 212 Å². The smallest absolute Gasteiger partial charge is 0.0956 e. The standard InChI is InChI=1S/C26H54O3Si4/c1-8-32(4)26(17-11-14-20-29-26)23(25(31(2)3)16-10-13-19-28-25)22(33(5,6)7)21-24(30)15-9-12-18-27-24/h8,22-23,31-32H,1,9-21H2,2-7,30H3. The second kappa shape index (κ2) is 11.3. The Balaban J connectivity index is 2.19. The van der Waals surface area contributed by atoms with Gasteiger partial charge in [0.25, 0.3) is 0 Å². The van der Waals surface area contributed by atoms with Gasteiger partial charge in [0.15, 0.2) is 0 Å². The van der Waals surface area contributed by atoms with Gasteiger partial charge >= 0.3 is 0 Å². The lowest BCUT2D eigenvalue weighted by atomic mass is 9.80. The largest absolute Gasteiger partial charge is 0.380 e. The molecule has 6 unspecified atom stereocenters. The zero-order valence-corrected chi connectivity index (χ0v) is 28.3. The van der Waals surface area contributed by atoms with Crippen LogP contribution < -0.4 is 0 Å². The topological polar surface area (TPSA) is 27.7 Å². The van der Waals surface area contributed by atoms with Gasteiger partial charge in [-0.3, -0.25) is 0 Å². The maximum atomic E-state index is 7.13. The number of hydrogen-bond acceptors (Lipinski definition) is 3. The Hall–Kier alpha value is 0.488. The van der Waals surface area contributed by atoms with E-state index in [0.29, 0.717) is 11.5 Å². The van der Waals surface area contributed by atoms with E-state index in [1.807, 2.05) is 0 Å². The van der Waals surface area contributed by atoms with E-state index in [9.17, 15) is 0 Å². The van der Waals surface area contributed by atoms with Crippen molar-refractivity contribution in [2.75, 3.05) is 19.8 Å². The van der Waals surface area contributed by atoms with E-state index >= 15 is 0 Å². The van der Waals surface area contributed by atoms with E-state index in [1.54, 1.807) is 0 Å². The molecule has 3 heterocycles. The van der Waals surface area contributed by atoms with E-state index in [2.05, 4.69) is 51.6 Å². The zero-order valence-electron chi connectivity index (χ0n) is 23.0. The van der Waals surface area contributed by atoms with Crippen LogP contribution in [0.25, 0.3) is 0 Å². The van der Waals surface area contributed by atoms with Crippen LogP contribution in [-0.2, 0) is 14.2 Å². The van der Waals surface area contributed by atoms with Gasteiger partial charge in [-0.15, -0.1) is 12.3 Å². The van der Waals surface area contributed by atoms with Gasteiger partial charge in [-0.05, 0) is 69.7 Å². The van der Waals surface area contributed by atoms with Crippen molar-refractivity contribution in [3.8, 4) is 0 Å². The fraction of sp³-hybridized carbons (Fsp3) is 0.923. The summed E-state index contributed by atoms with van der Waals surface area (Å²) in [6.07, 6.45) is 12.6. The highest BCUT2D eigenvalue weighted by Crippen LogP contribution is 2.56. The molecule has 0 saturated carbocycles. The van der Waals surface area contributed by atoms with Crippen LogP contribution in [0.15, 0.2) is 12.3 Å². The summed E-state index contributed by atoms with van der Waals surface area (Å²) in [5, 5.41) is 0.189. The summed E-state index contributed by atoms with van der Waals surface area (Å²) < 4.78 is 20.9. The van der Waals surface area contributed by atoms with Gasteiger partial charge in [0.05, 0.1) is 28.0 Å². The molecule has 0 spiro atoms.